The maximum Gasteiger partial charge on any atom is 0.223 e. The van der Waals surface area contributed by atoms with Gasteiger partial charge in [0.15, 0.2) is 0 Å². The van der Waals surface area contributed by atoms with Gasteiger partial charge in [-0.05, 0) is 32.1 Å². The number of unbranched alkanes of at least 4 members (excludes halogenated alkanes) is 4. The summed E-state index contributed by atoms with van der Waals surface area (Å²) in [6.45, 7) is 2.82. The fourth-order valence-electron chi connectivity index (χ4n) is 2.86. The van der Waals surface area contributed by atoms with Crippen LogP contribution in [0.1, 0.15) is 71.1 Å². The summed E-state index contributed by atoms with van der Waals surface area (Å²) in [5.41, 5.74) is 0. The quantitative estimate of drug-likeness (QED) is 0.273. The molecule has 0 aromatic rings. The molecule has 4 nitrogen and oxygen atoms in total. The second kappa shape index (κ2) is 15.9. The topological polar surface area (TPSA) is 60.8 Å². The Bertz CT molecular complexity index is 442. The first-order valence-electron chi connectivity index (χ1n) is 9.41. The van der Waals surface area contributed by atoms with E-state index in [9.17, 15) is 9.90 Å². The van der Waals surface area contributed by atoms with Gasteiger partial charge in [0.2, 0.25) is 5.91 Å². The van der Waals surface area contributed by atoms with Gasteiger partial charge >= 0.3 is 0 Å². The van der Waals surface area contributed by atoms with Crippen LogP contribution in [0.4, 0.5) is 0 Å². The number of rotatable bonds is 10. The normalized spacial score (nSPS) is 18.6. The molecule has 25 heavy (non-hydrogen) atoms. The molecule has 1 heterocycles. The molecule has 0 aromatic carbocycles. The van der Waals surface area contributed by atoms with Crippen molar-refractivity contribution in [1.82, 2.24) is 4.90 Å². The van der Waals surface area contributed by atoms with Gasteiger partial charge < -0.3 is 15.1 Å². The summed E-state index contributed by atoms with van der Waals surface area (Å²) in [6.07, 6.45) is 12.4. The van der Waals surface area contributed by atoms with Crippen LogP contribution in [0.15, 0.2) is 12.2 Å². The number of likely N-dealkylation sites (tertiary alicyclic amines) is 1. The van der Waals surface area contributed by atoms with Crippen molar-refractivity contribution in [2.75, 3.05) is 13.2 Å². The molecule has 1 unspecified atom stereocenters. The largest absolute Gasteiger partial charge is 0.396 e. The summed E-state index contributed by atoms with van der Waals surface area (Å²) in [7, 11) is 0. The Morgan fingerprint density at radius 2 is 2.08 bits per heavy atom. The maximum atomic E-state index is 12.2. The number of carbonyl (C=O) groups is 1. The SMILES string of the molecule is CCCCCC(O)/C=C/[C@H]1CCCC(=O)N1CC#CCCCCO.[Na]. The summed E-state index contributed by atoms with van der Waals surface area (Å²) < 4.78 is 0. The number of aliphatic hydroxyl groups is 2. The number of hydrogen-bond donors (Lipinski definition) is 2. The number of aliphatic hydroxyl groups excluding tert-OH is 2. The van der Waals surface area contributed by atoms with E-state index in [0.29, 0.717) is 13.0 Å². The first-order valence-corrected chi connectivity index (χ1v) is 9.41. The Labute approximate surface area is 175 Å². The van der Waals surface area contributed by atoms with Gasteiger partial charge in [-0.25, -0.2) is 0 Å². The molecule has 1 fully saturated rings. The minimum atomic E-state index is -0.417. The molecule has 1 rings (SSSR count). The molecule has 1 saturated heterocycles. The van der Waals surface area contributed by atoms with Gasteiger partial charge in [0, 0.05) is 49.0 Å². The molecule has 5 heteroatoms. The van der Waals surface area contributed by atoms with E-state index in [-0.39, 0.29) is 48.1 Å². The zero-order valence-electron chi connectivity index (χ0n) is 16.0. The van der Waals surface area contributed by atoms with Crippen LogP contribution < -0.4 is 0 Å². The predicted octanol–water partition coefficient (Wildman–Crippen LogP) is 2.65. The zero-order valence-corrected chi connectivity index (χ0v) is 18.0. The number of carbonyl (C=O) groups excluding carboxylic acids is 1. The Hall–Kier alpha value is -0.310. The standard InChI is InChI=1S/C20H33NO3.Na/c1-2-3-7-12-19(23)15-14-18-11-10-13-20(24)21(18)16-8-5-4-6-9-17-22;/h14-15,18-19,22-23H,2-4,6-7,9-13,16-17H2,1H3;/b15-14+;/t18-,19?;/m1./s1. The molecule has 0 saturated carbocycles. The molecule has 137 valence electrons. The maximum absolute atomic E-state index is 12.2. The molecule has 1 amide bonds. The summed E-state index contributed by atoms with van der Waals surface area (Å²) in [5, 5.41) is 18.8. The molecule has 1 aliphatic rings. The van der Waals surface area contributed by atoms with Gasteiger partial charge in [-0.15, -0.1) is 5.92 Å². The van der Waals surface area contributed by atoms with Gasteiger partial charge in [-0.2, -0.15) is 0 Å². The third-order valence-corrected chi connectivity index (χ3v) is 4.35. The number of amides is 1. The molecule has 2 N–H and O–H groups in total. The Morgan fingerprint density at radius 3 is 2.80 bits per heavy atom. The van der Waals surface area contributed by atoms with Crippen LogP contribution in [0.5, 0.6) is 0 Å². The number of nitrogens with zero attached hydrogens (tertiary/aromatic N) is 1. The molecular weight excluding hydrogens is 325 g/mol. The van der Waals surface area contributed by atoms with Gasteiger partial charge in [-0.1, -0.05) is 44.3 Å². The molecule has 0 bridgehead atoms. The van der Waals surface area contributed by atoms with Crippen LogP contribution in [-0.4, -0.2) is 75.9 Å². The summed E-state index contributed by atoms with van der Waals surface area (Å²) in [6, 6.07) is 0.0545. The van der Waals surface area contributed by atoms with E-state index >= 15 is 0 Å². The molecule has 0 spiro atoms. The number of piperidine rings is 1. The average molecular weight is 358 g/mol. The van der Waals surface area contributed by atoms with Crippen LogP contribution >= 0.6 is 0 Å². The Morgan fingerprint density at radius 1 is 1.28 bits per heavy atom. The zero-order chi connectivity index (χ0) is 17.6. The van der Waals surface area contributed by atoms with Gasteiger partial charge in [0.1, 0.15) is 0 Å². The van der Waals surface area contributed by atoms with Crippen LogP contribution in [0.25, 0.3) is 0 Å². The van der Waals surface area contributed by atoms with E-state index in [0.717, 1.165) is 57.8 Å². The van der Waals surface area contributed by atoms with Crippen molar-refractivity contribution in [3.8, 4) is 11.8 Å². The second-order valence-electron chi connectivity index (χ2n) is 6.46. The first kappa shape index (κ1) is 24.7. The van der Waals surface area contributed by atoms with Crippen molar-refractivity contribution < 1.29 is 15.0 Å². The van der Waals surface area contributed by atoms with Crippen LogP contribution in [0.2, 0.25) is 0 Å². The second-order valence-corrected chi connectivity index (χ2v) is 6.46. The van der Waals surface area contributed by atoms with Crippen molar-refractivity contribution in [3.63, 3.8) is 0 Å². The molecule has 2 atom stereocenters. The third kappa shape index (κ3) is 11.1. The van der Waals surface area contributed by atoms with Gasteiger partial charge in [0.25, 0.3) is 0 Å². The Kier molecular flexibility index (Phi) is 15.7. The third-order valence-electron chi connectivity index (χ3n) is 4.35. The molecule has 1 radical (unpaired) electrons. The minimum Gasteiger partial charge on any atom is -0.396 e. The monoisotopic (exact) mass is 358 g/mol. The van der Waals surface area contributed by atoms with Crippen LogP contribution in [0.3, 0.4) is 0 Å². The fraction of sp³-hybridized carbons (Fsp3) is 0.750. The van der Waals surface area contributed by atoms with Crippen molar-refractivity contribution in [2.45, 2.75) is 83.3 Å². The van der Waals surface area contributed by atoms with Crippen molar-refractivity contribution in [1.29, 1.82) is 0 Å². The van der Waals surface area contributed by atoms with Crippen molar-refractivity contribution in [2.24, 2.45) is 0 Å². The first-order chi connectivity index (χ1) is 11.7. The van der Waals surface area contributed by atoms with Crippen molar-refractivity contribution in [3.05, 3.63) is 12.2 Å². The van der Waals surface area contributed by atoms with E-state index in [2.05, 4.69) is 18.8 Å². The minimum absolute atomic E-state index is 0. The average Bonchev–Trinajstić information content (AvgIpc) is 2.58. The number of hydrogen-bond acceptors (Lipinski definition) is 3. The van der Waals surface area contributed by atoms with E-state index in [1.807, 2.05) is 17.1 Å². The van der Waals surface area contributed by atoms with E-state index in [4.69, 9.17) is 5.11 Å². The fourth-order valence-corrected chi connectivity index (χ4v) is 2.86. The van der Waals surface area contributed by atoms with E-state index in [1.54, 1.807) is 0 Å². The molecule has 0 aromatic heterocycles. The van der Waals surface area contributed by atoms with Crippen molar-refractivity contribution >= 4 is 35.5 Å². The summed E-state index contributed by atoms with van der Waals surface area (Å²) in [5.74, 6) is 6.31. The molecule has 0 aliphatic carbocycles. The Balaban J connectivity index is 0.00000576. The summed E-state index contributed by atoms with van der Waals surface area (Å²) in [4.78, 5) is 14.0. The van der Waals surface area contributed by atoms with Crippen LogP contribution in [-0.2, 0) is 4.79 Å². The van der Waals surface area contributed by atoms with Crippen LogP contribution in [0, 0.1) is 11.8 Å². The summed E-state index contributed by atoms with van der Waals surface area (Å²) >= 11 is 0. The molecule has 1 aliphatic heterocycles. The van der Waals surface area contributed by atoms with E-state index in [1.165, 1.54) is 0 Å². The predicted molar refractivity (Wildman–Crippen MR) is 103 cm³/mol. The smallest absolute Gasteiger partial charge is 0.223 e. The molecular formula is C20H33NNaO3. The van der Waals surface area contributed by atoms with Gasteiger partial charge in [-0.3, -0.25) is 4.79 Å². The van der Waals surface area contributed by atoms with E-state index < -0.39 is 6.10 Å². The van der Waals surface area contributed by atoms with Gasteiger partial charge in [0.05, 0.1) is 18.7 Å².